The summed E-state index contributed by atoms with van der Waals surface area (Å²) in [5.74, 6) is 0.955. The van der Waals surface area contributed by atoms with Crippen molar-refractivity contribution in [1.82, 2.24) is 14.6 Å². The van der Waals surface area contributed by atoms with E-state index in [9.17, 15) is 13.2 Å². The first-order valence-corrected chi connectivity index (χ1v) is 9.28. The third kappa shape index (κ3) is 3.78. The largest absolute Gasteiger partial charge is 0.497 e. The molecule has 1 N–H and O–H groups in total. The van der Waals surface area contributed by atoms with Crippen LogP contribution in [0.15, 0.2) is 54.6 Å². The highest BCUT2D eigenvalue weighted by Gasteiger charge is 2.39. The Morgan fingerprint density at radius 2 is 1.80 bits per heavy atom. The first-order valence-electron chi connectivity index (χ1n) is 8.91. The predicted octanol–water partition coefficient (Wildman–Crippen LogP) is 6.13. The van der Waals surface area contributed by atoms with Gasteiger partial charge in [0, 0.05) is 28.5 Å². The number of nitrogens with zero attached hydrogens (tertiary/aromatic N) is 3. The molecule has 30 heavy (non-hydrogen) atoms. The van der Waals surface area contributed by atoms with Crippen LogP contribution in [-0.4, -0.2) is 21.7 Å². The molecule has 5 nitrogen and oxygen atoms in total. The van der Waals surface area contributed by atoms with E-state index in [0.717, 1.165) is 0 Å². The molecule has 0 saturated heterocycles. The molecule has 2 aromatic heterocycles. The highest BCUT2D eigenvalue weighted by molar-refractivity contribution is 6.30. The summed E-state index contributed by atoms with van der Waals surface area (Å²) in [5.41, 5.74) is 0.477. The third-order valence-electron chi connectivity index (χ3n) is 4.46. The van der Waals surface area contributed by atoms with Crippen molar-refractivity contribution in [3.05, 3.63) is 71.0 Å². The van der Waals surface area contributed by atoms with Gasteiger partial charge in [-0.15, -0.1) is 0 Å². The van der Waals surface area contributed by atoms with E-state index in [1.807, 2.05) is 0 Å². The van der Waals surface area contributed by atoms with Crippen molar-refractivity contribution in [3.63, 3.8) is 0 Å². The van der Waals surface area contributed by atoms with Gasteiger partial charge in [0.15, 0.2) is 11.3 Å². The van der Waals surface area contributed by atoms with E-state index in [4.69, 9.17) is 16.3 Å². The Morgan fingerprint density at radius 1 is 1.07 bits per heavy atom. The lowest BCUT2D eigenvalue weighted by atomic mass is 10.1. The van der Waals surface area contributed by atoms with Crippen molar-refractivity contribution < 1.29 is 17.9 Å². The van der Waals surface area contributed by atoms with Crippen LogP contribution in [0, 0.1) is 6.92 Å². The lowest BCUT2D eigenvalue weighted by Gasteiger charge is -2.11. The molecule has 0 radical (unpaired) electrons. The Kier molecular flexibility index (Phi) is 5.03. The Bertz CT molecular complexity index is 1220. The molecular formula is C21H16ClF3N4O. The van der Waals surface area contributed by atoms with Crippen molar-refractivity contribution >= 4 is 28.8 Å². The first kappa shape index (κ1) is 20.0. The number of rotatable bonds is 4. The molecule has 154 valence electrons. The number of benzene rings is 2. The smallest absolute Gasteiger partial charge is 0.435 e. The number of alkyl halides is 3. The van der Waals surface area contributed by atoms with Gasteiger partial charge in [-0.25, -0.2) is 4.98 Å². The minimum atomic E-state index is -4.66. The molecule has 0 atom stereocenters. The van der Waals surface area contributed by atoms with Crippen molar-refractivity contribution in [2.24, 2.45) is 0 Å². The molecule has 0 spiro atoms. The van der Waals surface area contributed by atoms with E-state index in [1.165, 1.54) is 35.9 Å². The molecule has 0 bridgehead atoms. The minimum absolute atomic E-state index is 0.0926. The maximum absolute atomic E-state index is 13.8. The summed E-state index contributed by atoms with van der Waals surface area (Å²) in [6.45, 7) is 1.71. The molecule has 9 heteroatoms. The average Bonchev–Trinajstić information content (AvgIpc) is 3.09. The van der Waals surface area contributed by atoms with Crippen LogP contribution in [0.25, 0.3) is 16.8 Å². The molecule has 0 saturated carbocycles. The van der Waals surface area contributed by atoms with Crippen molar-refractivity contribution in [2.45, 2.75) is 13.1 Å². The zero-order chi connectivity index (χ0) is 21.5. The van der Waals surface area contributed by atoms with Crippen LogP contribution in [0.5, 0.6) is 5.75 Å². The molecule has 2 aromatic carbocycles. The van der Waals surface area contributed by atoms with Crippen LogP contribution in [-0.2, 0) is 6.18 Å². The van der Waals surface area contributed by atoms with Crippen LogP contribution < -0.4 is 10.1 Å². The summed E-state index contributed by atoms with van der Waals surface area (Å²) in [6.07, 6.45) is -4.66. The number of ether oxygens (including phenoxy) is 1. The lowest BCUT2D eigenvalue weighted by molar-refractivity contribution is -0.140. The van der Waals surface area contributed by atoms with Crippen LogP contribution in [0.3, 0.4) is 0 Å². The number of halogens is 4. The third-order valence-corrected chi connectivity index (χ3v) is 4.71. The predicted molar refractivity (Wildman–Crippen MR) is 109 cm³/mol. The molecule has 0 aliphatic rings. The zero-order valence-corrected chi connectivity index (χ0v) is 16.7. The van der Waals surface area contributed by atoms with Gasteiger partial charge in [-0.3, -0.25) is 0 Å². The van der Waals surface area contributed by atoms with Crippen molar-refractivity contribution in [3.8, 4) is 16.9 Å². The zero-order valence-electron chi connectivity index (χ0n) is 16.0. The maximum atomic E-state index is 13.8. The summed E-state index contributed by atoms with van der Waals surface area (Å²) in [5, 5.41) is 7.40. The lowest BCUT2D eigenvalue weighted by Crippen LogP contribution is -2.08. The van der Waals surface area contributed by atoms with E-state index < -0.39 is 11.9 Å². The summed E-state index contributed by atoms with van der Waals surface area (Å²) >= 11 is 5.91. The SMILES string of the molecule is COc1cccc(Nc2cc(C)nc3c(-c4ccc(Cl)cc4)c(C(F)(F)F)nn23)c1. The van der Waals surface area contributed by atoms with Gasteiger partial charge in [-0.1, -0.05) is 29.8 Å². The number of anilines is 2. The summed E-state index contributed by atoms with van der Waals surface area (Å²) in [6, 6.07) is 14.8. The summed E-state index contributed by atoms with van der Waals surface area (Å²) in [4.78, 5) is 4.35. The fraction of sp³-hybridized carbons (Fsp3) is 0.143. The van der Waals surface area contributed by atoms with Gasteiger partial charge in [-0.2, -0.15) is 22.8 Å². The summed E-state index contributed by atoms with van der Waals surface area (Å²) < 4.78 is 47.9. The molecular weight excluding hydrogens is 417 g/mol. The minimum Gasteiger partial charge on any atom is -0.497 e. The quantitative estimate of drug-likeness (QED) is 0.421. The van der Waals surface area contributed by atoms with E-state index in [2.05, 4.69) is 15.4 Å². The van der Waals surface area contributed by atoms with Crippen LogP contribution in [0.4, 0.5) is 24.7 Å². The number of aromatic nitrogens is 3. The molecule has 0 aliphatic heterocycles. The Hall–Kier alpha value is -3.26. The molecule has 0 fully saturated rings. The van der Waals surface area contributed by atoms with E-state index >= 15 is 0 Å². The van der Waals surface area contributed by atoms with Crippen LogP contribution in [0.2, 0.25) is 5.02 Å². The highest BCUT2D eigenvalue weighted by Crippen LogP contribution is 2.39. The van der Waals surface area contributed by atoms with Gasteiger partial charge in [0.25, 0.3) is 0 Å². The van der Waals surface area contributed by atoms with Gasteiger partial charge in [0.05, 0.1) is 12.7 Å². The fourth-order valence-electron chi connectivity index (χ4n) is 3.16. The van der Waals surface area contributed by atoms with Gasteiger partial charge in [0.1, 0.15) is 11.6 Å². The Balaban J connectivity index is 1.94. The Morgan fingerprint density at radius 3 is 2.47 bits per heavy atom. The van der Waals surface area contributed by atoms with E-state index in [1.54, 1.807) is 37.3 Å². The number of nitrogens with one attached hydrogen (secondary N) is 1. The number of hydrogen-bond acceptors (Lipinski definition) is 4. The summed E-state index contributed by atoms with van der Waals surface area (Å²) in [7, 11) is 1.54. The molecule has 0 amide bonds. The number of aryl methyl sites for hydroxylation is 1. The normalized spacial score (nSPS) is 11.7. The van der Waals surface area contributed by atoms with Gasteiger partial charge >= 0.3 is 6.18 Å². The van der Waals surface area contributed by atoms with Crippen molar-refractivity contribution in [2.75, 3.05) is 12.4 Å². The maximum Gasteiger partial charge on any atom is 0.435 e. The van der Waals surface area contributed by atoms with Crippen LogP contribution in [0.1, 0.15) is 11.4 Å². The number of fused-ring (bicyclic) bond motifs is 1. The van der Waals surface area contributed by atoms with Crippen LogP contribution >= 0.6 is 11.6 Å². The van der Waals surface area contributed by atoms with E-state index in [-0.39, 0.29) is 11.2 Å². The first-order chi connectivity index (χ1) is 14.3. The second-order valence-electron chi connectivity index (χ2n) is 6.60. The Labute approximate surface area is 175 Å². The molecule has 0 aliphatic carbocycles. The van der Waals surface area contributed by atoms with Crippen molar-refractivity contribution in [1.29, 1.82) is 0 Å². The number of methoxy groups -OCH3 is 1. The average molecular weight is 433 g/mol. The molecule has 4 rings (SSSR count). The number of hydrogen-bond donors (Lipinski definition) is 1. The second kappa shape index (κ2) is 7.53. The highest BCUT2D eigenvalue weighted by atomic mass is 35.5. The molecule has 0 unspecified atom stereocenters. The van der Waals surface area contributed by atoms with Gasteiger partial charge in [-0.05, 0) is 36.8 Å². The fourth-order valence-corrected chi connectivity index (χ4v) is 3.28. The van der Waals surface area contributed by atoms with E-state index in [0.29, 0.717) is 33.5 Å². The second-order valence-corrected chi connectivity index (χ2v) is 7.04. The topological polar surface area (TPSA) is 51.5 Å². The van der Waals surface area contributed by atoms with Gasteiger partial charge in [0.2, 0.25) is 0 Å². The van der Waals surface area contributed by atoms with Gasteiger partial charge < -0.3 is 10.1 Å². The monoisotopic (exact) mass is 432 g/mol. The standard InChI is InChI=1S/C21H16ClF3N4O/c1-12-10-17(27-15-4-3-5-16(11-15)30-2)29-20(26-12)18(19(28-29)21(23,24)25)13-6-8-14(22)9-7-13/h3-11,27H,1-2H3. The molecule has 2 heterocycles. The molecule has 4 aromatic rings.